The Balaban J connectivity index is 2.31. The van der Waals surface area contributed by atoms with Crippen LogP contribution in [0.15, 0.2) is 18.5 Å². The van der Waals surface area contributed by atoms with E-state index in [9.17, 15) is 0 Å². The summed E-state index contributed by atoms with van der Waals surface area (Å²) in [4.78, 5) is 0. The van der Waals surface area contributed by atoms with Crippen molar-refractivity contribution in [2.24, 2.45) is 5.73 Å². The summed E-state index contributed by atoms with van der Waals surface area (Å²) >= 11 is 0. The van der Waals surface area contributed by atoms with Gasteiger partial charge < -0.3 is 5.73 Å². The van der Waals surface area contributed by atoms with E-state index in [1.165, 1.54) is 0 Å². The van der Waals surface area contributed by atoms with Crippen molar-refractivity contribution in [2.75, 3.05) is 6.54 Å². The average Bonchev–Trinajstić information content (AvgIpc) is 2.85. The zero-order valence-electron chi connectivity index (χ0n) is 9.72. The predicted octanol–water partition coefficient (Wildman–Crippen LogP) is 1.03. The molecule has 0 saturated carbocycles. The predicted molar refractivity (Wildman–Crippen MR) is 62.9 cm³/mol. The van der Waals surface area contributed by atoms with Crippen molar-refractivity contribution < 1.29 is 0 Å². The highest BCUT2D eigenvalue weighted by atomic mass is 15.3. The molecule has 0 radical (unpaired) electrons. The third kappa shape index (κ3) is 1.86. The van der Waals surface area contributed by atoms with E-state index in [-0.39, 0.29) is 0 Å². The molecule has 0 saturated heterocycles. The van der Waals surface area contributed by atoms with Crippen LogP contribution >= 0.6 is 0 Å². The maximum absolute atomic E-state index is 5.49. The van der Waals surface area contributed by atoms with Crippen LogP contribution in [0.25, 0.3) is 11.3 Å². The topological polar surface area (TPSA) is 61.7 Å². The van der Waals surface area contributed by atoms with Gasteiger partial charge in [0.15, 0.2) is 0 Å². The number of hydrogen-bond donors (Lipinski definition) is 1. The maximum atomic E-state index is 5.49. The van der Waals surface area contributed by atoms with Gasteiger partial charge in [0, 0.05) is 30.5 Å². The lowest BCUT2D eigenvalue weighted by atomic mass is 10.2. The zero-order valence-corrected chi connectivity index (χ0v) is 9.72. The van der Waals surface area contributed by atoms with Crippen molar-refractivity contribution in [1.82, 2.24) is 19.6 Å². The highest BCUT2D eigenvalue weighted by Gasteiger charge is 2.09. The summed E-state index contributed by atoms with van der Waals surface area (Å²) < 4.78 is 3.83. The standard InChI is InChI=1S/C11H17N5/c1-3-16-9(2)10(8-13-16)11-4-6-15(14-11)7-5-12/h4,6,8H,3,5,7,12H2,1-2H3. The van der Waals surface area contributed by atoms with Crippen LogP contribution in [-0.2, 0) is 13.1 Å². The van der Waals surface area contributed by atoms with Gasteiger partial charge in [0.25, 0.3) is 0 Å². The molecule has 86 valence electrons. The van der Waals surface area contributed by atoms with Crippen molar-refractivity contribution in [1.29, 1.82) is 0 Å². The Morgan fingerprint density at radius 3 is 2.88 bits per heavy atom. The molecule has 5 heteroatoms. The number of hydrogen-bond acceptors (Lipinski definition) is 3. The molecule has 0 aliphatic heterocycles. The molecular formula is C11H17N5. The van der Waals surface area contributed by atoms with Gasteiger partial charge in [0.2, 0.25) is 0 Å². The van der Waals surface area contributed by atoms with Crippen LogP contribution in [-0.4, -0.2) is 26.1 Å². The molecule has 5 nitrogen and oxygen atoms in total. The Hall–Kier alpha value is -1.62. The third-order valence-corrected chi connectivity index (χ3v) is 2.68. The Bertz CT molecular complexity index is 468. The molecule has 2 aromatic rings. The van der Waals surface area contributed by atoms with E-state index in [0.717, 1.165) is 30.0 Å². The molecule has 0 unspecified atom stereocenters. The number of rotatable bonds is 4. The molecule has 0 bridgehead atoms. The minimum Gasteiger partial charge on any atom is -0.329 e. The normalized spacial score (nSPS) is 10.9. The van der Waals surface area contributed by atoms with E-state index in [2.05, 4.69) is 24.0 Å². The van der Waals surface area contributed by atoms with Gasteiger partial charge in [0.05, 0.1) is 18.4 Å². The quantitative estimate of drug-likeness (QED) is 0.835. The van der Waals surface area contributed by atoms with Crippen LogP contribution in [0.4, 0.5) is 0 Å². The Morgan fingerprint density at radius 1 is 1.44 bits per heavy atom. The monoisotopic (exact) mass is 219 g/mol. The summed E-state index contributed by atoms with van der Waals surface area (Å²) in [6.45, 7) is 6.38. The average molecular weight is 219 g/mol. The minimum absolute atomic E-state index is 0.605. The second-order valence-electron chi connectivity index (χ2n) is 3.71. The summed E-state index contributed by atoms with van der Waals surface area (Å²) in [6.07, 6.45) is 3.82. The van der Waals surface area contributed by atoms with Gasteiger partial charge in [-0.3, -0.25) is 9.36 Å². The highest BCUT2D eigenvalue weighted by molar-refractivity contribution is 5.60. The SMILES string of the molecule is CCn1ncc(-c2ccn(CCN)n2)c1C. The highest BCUT2D eigenvalue weighted by Crippen LogP contribution is 2.20. The van der Waals surface area contributed by atoms with Crippen LogP contribution in [0.1, 0.15) is 12.6 Å². The van der Waals surface area contributed by atoms with Gasteiger partial charge in [0.1, 0.15) is 0 Å². The number of aryl methyl sites for hydroxylation is 1. The fourth-order valence-electron chi connectivity index (χ4n) is 1.78. The van der Waals surface area contributed by atoms with Gasteiger partial charge >= 0.3 is 0 Å². The van der Waals surface area contributed by atoms with E-state index < -0.39 is 0 Å². The molecule has 2 aromatic heterocycles. The molecule has 0 aliphatic rings. The summed E-state index contributed by atoms with van der Waals surface area (Å²) in [5.41, 5.74) is 8.70. The van der Waals surface area contributed by atoms with E-state index in [0.29, 0.717) is 6.54 Å². The summed E-state index contributed by atoms with van der Waals surface area (Å²) in [7, 11) is 0. The molecule has 0 aliphatic carbocycles. The molecule has 16 heavy (non-hydrogen) atoms. The van der Waals surface area contributed by atoms with Crippen molar-refractivity contribution in [3.8, 4) is 11.3 Å². The Morgan fingerprint density at radius 2 is 2.25 bits per heavy atom. The lowest BCUT2D eigenvalue weighted by Gasteiger charge is -2.00. The third-order valence-electron chi connectivity index (χ3n) is 2.68. The van der Waals surface area contributed by atoms with Crippen molar-refractivity contribution >= 4 is 0 Å². The van der Waals surface area contributed by atoms with Crippen LogP contribution in [0.2, 0.25) is 0 Å². The lowest BCUT2D eigenvalue weighted by molar-refractivity contribution is 0.626. The molecule has 2 heterocycles. The summed E-state index contributed by atoms with van der Waals surface area (Å²) in [5, 5.41) is 8.77. The first kappa shape index (κ1) is 10.9. The van der Waals surface area contributed by atoms with Crippen LogP contribution < -0.4 is 5.73 Å². The smallest absolute Gasteiger partial charge is 0.0957 e. The molecule has 2 N–H and O–H groups in total. The largest absolute Gasteiger partial charge is 0.329 e. The molecule has 0 spiro atoms. The van der Waals surface area contributed by atoms with E-state index in [4.69, 9.17) is 5.73 Å². The minimum atomic E-state index is 0.605. The first-order valence-electron chi connectivity index (χ1n) is 5.52. The Kier molecular flexibility index (Phi) is 3.05. The van der Waals surface area contributed by atoms with Gasteiger partial charge in [-0.2, -0.15) is 10.2 Å². The van der Waals surface area contributed by atoms with Crippen molar-refractivity contribution in [3.63, 3.8) is 0 Å². The second kappa shape index (κ2) is 4.49. The zero-order chi connectivity index (χ0) is 11.5. The van der Waals surface area contributed by atoms with Gasteiger partial charge in [-0.05, 0) is 19.9 Å². The molecule has 0 atom stereocenters. The number of nitrogens with two attached hydrogens (primary N) is 1. The summed E-state index contributed by atoms with van der Waals surface area (Å²) in [5.74, 6) is 0. The first-order chi connectivity index (χ1) is 7.76. The Labute approximate surface area is 94.9 Å². The van der Waals surface area contributed by atoms with Gasteiger partial charge in [-0.1, -0.05) is 0 Å². The molecule has 0 fully saturated rings. The molecular weight excluding hydrogens is 202 g/mol. The number of nitrogens with zero attached hydrogens (tertiary/aromatic N) is 4. The fourth-order valence-corrected chi connectivity index (χ4v) is 1.78. The second-order valence-corrected chi connectivity index (χ2v) is 3.71. The van der Waals surface area contributed by atoms with Crippen LogP contribution in [0, 0.1) is 6.92 Å². The summed E-state index contributed by atoms with van der Waals surface area (Å²) in [6, 6.07) is 2.00. The van der Waals surface area contributed by atoms with Crippen molar-refractivity contribution in [3.05, 3.63) is 24.2 Å². The van der Waals surface area contributed by atoms with Gasteiger partial charge in [-0.15, -0.1) is 0 Å². The van der Waals surface area contributed by atoms with E-state index in [1.807, 2.05) is 27.8 Å². The van der Waals surface area contributed by atoms with Crippen molar-refractivity contribution in [2.45, 2.75) is 26.9 Å². The fraction of sp³-hybridized carbons (Fsp3) is 0.455. The molecule has 2 rings (SSSR count). The maximum Gasteiger partial charge on any atom is 0.0957 e. The van der Waals surface area contributed by atoms with E-state index >= 15 is 0 Å². The van der Waals surface area contributed by atoms with Crippen LogP contribution in [0.5, 0.6) is 0 Å². The van der Waals surface area contributed by atoms with E-state index in [1.54, 1.807) is 0 Å². The molecule has 0 aromatic carbocycles. The first-order valence-corrected chi connectivity index (χ1v) is 5.52. The van der Waals surface area contributed by atoms with Crippen LogP contribution in [0.3, 0.4) is 0 Å². The lowest BCUT2D eigenvalue weighted by Crippen LogP contribution is -2.10. The van der Waals surface area contributed by atoms with Gasteiger partial charge in [-0.25, -0.2) is 0 Å². The molecule has 0 amide bonds. The number of aromatic nitrogens is 4.